The molecule has 0 amide bonds. The van der Waals surface area contributed by atoms with Gasteiger partial charge < -0.3 is 9.47 Å². The Morgan fingerprint density at radius 3 is 2.24 bits per heavy atom. The second-order valence-electron chi connectivity index (χ2n) is 5.74. The van der Waals surface area contributed by atoms with Gasteiger partial charge in [0.25, 0.3) is 0 Å². The van der Waals surface area contributed by atoms with Crippen LogP contribution in [0.15, 0.2) is 30.3 Å². The van der Waals surface area contributed by atoms with Crippen LogP contribution in [0.4, 0.5) is 0 Å². The van der Waals surface area contributed by atoms with Crippen molar-refractivity contribution in [2.75, 3.05) is 6.61 Å². The predicted molar refractivity (Wildman–Crippen MR) is 78.8 cm³/mol. The van der Waals surface area contributed by atoms with Gasteiger partial charge in [-0.25, -0.2) is 0 Å². The smallest absolute Gasteiger partial charge is 0.302 e. The summed E-state index contributed by atoms with van der Waals surface area (Å²) in [7, 11) is 0. The van der Waals surface area contributed by atoms with Gasteiger partial charge >= 0.3 is 11.9 Å². The molecule has 1 aliphatic rings. The lowest BCUT2D eigenvalue weighted by atomic mass is 9.69. The van der Waals surface area contributed by atoms with Crippen LogP contribution >= 0.6 is 0 Å². The van der Waals surface area contributed by atoms with E-state index in [-0.39, 0.29) is 23.5 Å². The average Bonchev–Trinajstić information content (AvgIpc) is 2.47. The molecule has 0 radical (unpaired) electrons. The van der Waals surface area contributed by atoms with Gasteiger partial charge in [-0.1, -0.05) is 30.3 Å². The number of ether oxygens (including phenoxy) is 2. The van der Waals surface area contributed by atoms with Crippen LogP contribution in [-0.4, -0.2) is 24.6 Å². The zero-order chi connectivity index (χ0) is 15.3. The Balaban J connectivity index is 2.12. The third-order valence-electron chi connectivity index (χ3n) is 4.16. The van der Waals surface area contributed by atoms with E-state index in [0.717, 1.165) is 25.7 Å². The molecule has 2 rings (SSSR count). The van der Waals surface area contributed by atoms with Gasteiger partial charge in [-0.3, -0.25) is 9.59 Å². The molecule has 4 nitrogen and oxygen atoms in total. The van der Waals surface area contributed by atoms with Gasteiger partial charge in [-0.05, 0) is 31.2 Å². The Morgan fingerprint density at radius 2 is 1.71 bits per heavy atom. The molecule has 1 aromatic carbocycles. The first-order chi connectivity index (χ1) is 10.0. The molecule has 0 heterocycles. The molecule has 0 bridgehead atoms. The first-order valence-electron chi connectivity index (χ1n) is 7.38. The molecule has 114 valence electrons. The van der Waals surface area contributed by atoms with E-state index in [2.05, 4.69) is 12.1 Å². The lowest BCUT2D eigenvalue weighted by molar-refractivity contribution is -0.149. The number of hydrogen-bond acceptors (Lipinski definition) is 4. The zero-order valence-electron chi connectivity index (χ0n) is 12.6. The number of carbonyl (C=O) groups excluding carboxylic acids is 2. The molecule has 1 aliphatic carbocycles. The molecule has 1 saturated carbocycles. The van der Waals surface area contributed by atoms with Crippen LogP contribution in [-0.2, 0) is 24.5 Å². The third kappa shape index (κ3) is 4.06. The maximum atomic E-state index is 11.2. The van der Waals surface area contributed by atoms with Crippen LogP contribution in [0, 0.1) is 0 Å². The van der Waals surface area contributed by atoms with Crippen LogP contribution < -0.4 is 0 Å². The maximum absolute atomic E-state index is 11.2. The highest BCUT2D eigenvalue weighted by atomic mass is 16.5. The second-order valence-corrected chi connectivity index (χ2v) is 5.74. The average molecular weight is 290 g/mol. The van der Waals surface area contributed by atoms with Crippen molar-refractivity contribution in [3.63, 3.8) is 0 Å². The van der Waals surface area contributed by atoms with Crippen molar-refractivity contribution in [1.82, 2.24) is 0 Å². The highest BCUT2D eigenvalue weighted by Gasteiger charge is 2.38. The molecule has 4 heteroatoms. The van der Waals surface area contributed by atoms with E-state index in [1.807, 2.05) is 18.2 Å². The molecule has 21 heavy (non-hydrogen) atoms. The summed E-state index contributed by atoms with van der Waals surface area (Å²) in [6.45, 7) is 3.26. The highest BCUT2D eigenvalue weighted by Crippen LogP contribution is 2.40. The van der Waals surface area contributed by atoms with Gasteiger partial charge in [0, 0.05) is 19.3 Å². The molecule has 1 aromatic rings. The summed E-state index contributed by atoms with van der Waals surface area (Å²) in [6.07, 6.45) is 3.28. The number of rotatable bonds is 4. The zero-order valence-corrected chi connectivity index (χ0v) is 12.6. The van der Waals surface area contributed by atoms with Crippen LogP contribution in [0.2, 0.25) is 0 Å². The summed E-state index contributed by atoms with van der Waals surface area (Å²) in [5, 5.41) is 0. The van der Waals surface area contributed by atoms with E-state index in [0.29, 0.717) is 6.61 Å². The fourth-order valence-corrected chi connectivity index (χ4v) is 3.04. The first-order valence-corrected chi connectivity index (χ1v) is 7.38. The largest absolute Gasteiger partial charge is 0.465 e. The fraction of sp³-hybridized carbons (Fsp3) is 0.529. The summed E-state index contributed by atoms with van der Waals surface area (Å²) < 4.78 is 10.6. The van der Waals surface area contributed by atoms with Gasteiger partial charge in [-0.2, -0.15) is 0 Å². The SMILES string of the molecule is CC(=O)OCC1(c2ccccc2)CCC(OC(C)=O)CC1. The Kier molecular flexibility index (Phi) is 4.99. The quantitative estimate of drug-likeness (QED) is 0.800. The fourth-order valence-electron chi connectivity index (χ4n) is 3.04. The third-order valence-corrected chi connectivity index (χ3v) is 4.16. The van der Waals surface area contributed by atoms with Crippen molar-refractivity contribution in [1.29, 1.82) is 0 Å². The molecule has 0 unspecified atom stereocenters. The minimum atomic E-state index is -0.257. The number of benzene rings is 1. The Hall–Kier alpha value is -1.84. The summed E-state index contributed by atoms with van der Waals surface area (Å²) >= 11 is 0. The van der Waals surface area contributed by atoms with Crippen molar-refractivity contribution in [2.24, 2.45) is 0 Å². The molecule has 0 atom stereocenters. The molecule has 0 N–H and O–H groups in total. The van der Waals surface area contributed by atoms with Gasteiger partial charge in [-0.15, -0.1) is 0 Å². The topological polar surface area (TPSA) is 52.6 Å². The molecule has 0 aromatic heterocycles. The molecular weight excluding hydrogens is 268 g/mol. The van der Waals surface area contributed by atoms with E-state index in [4.69, 9.17) is 9.47 Å². The minimum Gasteiger partial charge on any atom is -0.465 e. The van der Waals surface area contributed by atoms with E-state index < -0.39 is 0 Å². The van der Waals surface area contributed by atoms with E-state index >= 15 is 0 Å². The summed E-state index contributed by atoms with van der Waals surface area (Å²) in [4.78, 5) is 22.2. The number of carbonyl (C=O) groups is 2. The van der Waals surface area contributed by atoms with Crippen molar-refractivity contribution in [2.45, 2.75) is 51.0 Å². The minimum absolute atomic E-state index is 0.0170. The van der Waals surface area contributed by atoms with Crippen LogP contribution in [0.25, 0.3) is 0 Å². The predicted octanol–water partition coefficient (Wildman–Crippen LogP) is 2.99. The summed E-state index contributed by atoms with van der Waals surface area (Å²) in [5.41, 5.74) is 1.02. The second kappa shape index (κ2) is 6.74. The Labute approximate surface area is 125 Å². The van der Waals surface area contributed by atoms with Crippen molar-refractivity contribution in [3.05, 3.63) is 35.9 Å². The molecule has 0 spiro atoms. The number of esters is 2. The van der Waals surface area contributed by atoms with Gasteiger partial charge in [0.2, 0.25) is 0 Å². The van der Waals surface area contributed by atoms with Crippen LogP contribution in [0.1, 0.15) is 45.1 Å². The molecule has 1 fully saturated rings. The summed E-state index contributed by atoms with van der Waals surface area (Å²) in [5.74, 6) is -0.486. The van der Waals surface area contributed by atoms with Gasteiger partial charge in [0.15, 0.2) is 0 Å². The number of hydrogen-bond donors (Lipinski definition) is 0. The van der Waals surface area contributed by atoms with E-state index in [9.17, 15) is 9.59 Å². The van der Waals surface area contributed by atoms with Crippen molar-refractivity contribution >= 4 is 11.9 Å². The van der Waals surface area contributed by atoms with Crippen LogP contribution in [0.5, 0.6) is 0 Å². The lowest BCUT2D eigenvalue weighted by Crippen LogP contribution is -2.39. The van der Waals surface area contributed by atoms with Crippen molar-refractivity contribution in [3.8, 4) is 0 Å². The standard InChI is InChI=1S/C17H22O4/c1-13(18)20-12-17(15-6-4-3-5-7-15)10-8-16(9-11-17)21-14(2)19/h3-7,16H,8-12H2,1-2H3. The molecule has 0 saturated heterocycles. The normalized spacial score (nSPS) is 25.1. The lowest BCUT2D eigenvalue weighted by Gasteiger charge is -2.39. The van der Waals surface area contributed by atoms with Gasteiger partial charge in [0.1, 0.15) is 12.7 Å². The Morgan fingerprint density at radius 1 is 1.10 bits per heavy atom. The molecular formula is C17H22O4. The first kappa shape index (κ1) is 15.5. The Bertz CT molecular complexity index is 487. The van der Waals surface area contributed by atoms with E-state index in [1.54, 1.807) is 0 Å². The highest BCUT2D eigenvalue weighted by molar-refractivity contribution is 5.66. The summed E-state index contributed by atoms with van der Waals surface area (Å²) in [6, 6.07) is 10.1. The van der Waals surface area contributed by atoms with Crippen molar-refractivity contribution < 1.29 is 19.1 Å². The van der Waals surface area contributed by atoms with E-state index in [1.165, 1.54) is 19.4 Å². The molecule has 0 aliphatic heterocycles. The van der Waals surface area contributed by atoms with Crippen LogP contribution in [0.3, 0.4) is 0 Å². The maximum Gasteiger partial charge on any atom is 0.302 e. The van der Waals surface area contributed by atoms with Gasteiger partial charge in [0.05, 0.1) is 0 Å². The monoisotopic (exact) mass is 290 g/mol.